The van der Waals surface area contributed by atoms with Gasteiger partial charge in [0.1, 0.15) is 41.3 Å². The molecule has 6 nitrogen and oxygen atoms in total. The summed E-state index contributed by atoms with van der Waals surface area (Å²) in [4.78, 5) is 13.1. The van der Waals surface area contributed by atoms with Crippen molar-refractivity contribution in [3.05, 3.63) is 82.2 Å². The van der Waals surface area contributed by atoms with E-state index in [4.69, 9.17) is 19.9 Å². The van der Waals surface area contributed by atoms with Crippen LogP contribution in [0.3, 0.4) is 0 Å². The van der Waals surface area contributed by atoms with E-state index in [0.29, 0.717) is 41.2 Å². The summed E-state index contributed by atoms with van der Waals surface area (Å²) < 4.78 is 30.2. The van der Waals surface area contributed by atoms with E-state index in [9.17, 15) is 14.4 Å². The molecule has 1 atom stereocenters. The van der Waals surface area contributed by atoms with Gasteiger partial charge in [-0.1, -0.05) is 26.0 Å². The molecule has 0 radical (unpaired) electrons. The summed E-state index contributed by atoms with van der Waals surface area (Å²) in [5, 5.41) is 9.80. The fourth-order valence-electron chi connectivity index (χ4n) is 4.37. The van der Waals surface area contributed by atoms with Crippen molar-refractivity contribution in [3.8, 4) is 17.6 Å². The molecule has 0 amide bonds. The average molecular weight is 448 g/mol. The Kier molecular flexibility index (Phi) is 5.86. The molecular weight excluding hydrogens is 423 g/mol. The number of ketones is 1. The summed E-state index contributed by atoms with van der Waals surface area (Å²) in [7, 11) is 1.54. The van der Waals surface area contributed by atoms with Crippen LogP contribution in [-0.4, -0.2) is 12.9 Å². The number of benzene rings is 2. The maximum atomic E-state index is 13.1. The summed E-state index contributed by atoms with van der Waals surface area (Å²) in [6.07, 6.45) is 0.926. The van der Waals surface area contributed by atoms with Crippen molar-refractivity contribution in [1.82, 2.24) is 0 Å². The molecule has 2 aromatic rings. The molecular formula is C26H25FN2O4. The number of carbonyl (C=O) groups is 1. The van der Waals surface area contributed by atoms with Crippen molar-refractivity contribution in [2.24, 2.45) is 11.1 Å². The van der Waals surface area contributed by atoms with Crippen LogP contribution in [0, 0.1) is 22.6 Å². The highest BCUT2D eigenvalue weighted by atomic mass is 19.1. The van der Waals surface area contributed by atoms with E-state index < -0.39 is 5.92 Å². The predicted molar refractivity (Wildman–Crippen MR) is 119 cm³/mol. The van der Waals surface area contributed by atoms with Crippen LogP contribution in [0.2, 0.25) is 0 Å². The summed E-state index contributed by atoms with van der Waals surface area (Å²) >= 11 is 0. The third-order valence-corrected chi connectivity index (χ3v) is 5.93. The maximum Gasteiger partial charge on any atom is 0.205 e. The Morgan fingerprint density at radius 3 is 2.61 bits per heavy atom. The Morgan fingerprint density at radius 1 is 1.21 bits per heavy atom. The Labute approximate surface area is 192 Å². The summed E-state index contributed by atoms with van der Waals surface area (Å²) in [6.45, 7) is 4.21. The van der Waals surface area contributed by atoms with E-state index >= 15 is 0 Å². The van der Waals surface area contributed by atoms with Crippen LogP contribution < -0.4 is 15.2 Å². The minimum atomic E-state index is -0.622. The molecule has 33 heavy (non-hydrogen) atoms. The van der Waals surface area contributed by atoms with Crippen LogP contribution in [0.15, 0.2) is 65.3 Å². The second kappa shape index (κ2) is 8.62. The molecule has 0 unspecified atom stereocenters. The normalized spacial score (nSPS) is 19.5. The van der Waals surface area contributed by atoms with Crippen LogP contribution in [0.25, 0.3) is 0 Å². The van der Waals surface area contributed by atoms with E-state index in [1.165, 1.54) is 12.1 Å². The number of nitrogens with two attached hydrogens (primary N) is 1. The third kappa shape index (κ3) is 4.42. The van der Waals surface area contributed by atoms with Gasteiger partial charge in [-0.3, -0.25) is 4.79 Å². The number of hydrogen-bond acceptors (Lipinski definition) is 6. The van der Waals surface area contributed by atoms with Gasteiger partial charge >= 0.3 is 0 Å². The van der Waals surface area contributed by atoms with Crippen LogP contribution in [0.1, 0.15) is 43.7 Å². The number of carbonyl (C=O) groups excluding carboxylic acids is 1. The predicted octanol–water partition coefficient (Wildman–Crippen LogP) is 4.86. The van der Waals surface area contributed by atoms with Gasteiger partial charge in [0.2, 0.25) is 5.88 Å². The van der Waals surface area contributed by atoms with E-state index in [0.717, 1.165) is 5.56 Å². The first-order valence-corrected chi connectivity index (χ1v) is 10.6. The van der Waals surface area contributed by atoms with Crippen LogP contribution in [-0.2, 0) is 16.1 Å². The first kappa shape index (κ1) is 22.4. The Morgan fingerprint density at radius 2 is 1.94 bits per heavy atom. The highest BCUT2D eigenvalue weighted by molar-refractivity contribution is 6.00. The van der Waals surface area contributed by atoms with Gasteiger partial charge < -0.3 is 19.9 Å². The molecule has 2 aliphatic rings. The molecule has 170 valence electrons. The number of halogens is 1. The van der Waals surface area contributed by atoms with Gasteiger partial charge in [-0.2, -0.15) is 5.26 Å². The minimum absolute atomic E-state index is 0.0226. The number of rotatable bonds is 5. The second-order valence-electron chi connectivity index (χ2n) is 9.02. The topological polar surface area (TPSA) is 94.6 Å². The molecule has 1 aliphatic carbocycles. The standard InChI is InChI=1S/C26H25FN2O4/c1-26(2)11-20(30)24-22(12-26)33-25(29)19(13-28)23(24)15-4-5-16(21(10-15)31-3)14-32-18-8-6-17(27)7-9-18/h4-10,23H,11-12,14,29H2,1-3H3/t23-/m0/s1. The molecule has 0 fully saturated rings. The SMILES string of the molecule is COc1cc([C@H]2C(C#N)=C(N)OC3=C2C(=O)CC(C)(C)C3)ccc1COc1ccc(F)cc1. The van der Waals surface area contributed by atoms with Gasteiger partial charge in [0.05, 0.1) is 13.0 Å². The van der Waals surface area contributed by atoms with Gasteiger partial charge in [0.25, 0.3) is 0 Å². The van der Waals surface area contributed by atoms with Gasteiger partial charge in [0.15, 0.2) is 5.78 Å². The molecule has 0 spiro atoms. The van der Waals surface area contributed by atoms with E-state index in [-0.39, 0.29) is 35.1 Å². The number of Topliss-reactive ketones (excluding diaryl/α,β-unsaturated/α-hetero) is 1. The molecule has 0 saturated heterocycles. The lowest BCUT2D eigenvalue weighted by molar-refractivity contribution is -0.119. The minimum Gasteiger partial charge on any atom is -0.496 e. The molecule has 0 aromatic heterocycles. The van der Waals surface area contributed by atoms with Crippen molar-refractivity contribution in [2.45, 2.75) is 39.2 Å². The summed E-state index contributed by atoms with van der Waals surface area (Å²) in [6, 6.07) is 13.3. The largest absolute Gasteiger partial charge is 0.496 e. The first-order valence-electron chi connectivity index (χ1n) is 10.6. The van der Waals surface area contributed by atoms with Crippen molar-refractivity contribution in [3.63, 3.8) is 0 Å². The smallest absolute Gasteiger partial charge is 0.205 e. The lowest BCUT2D eigenvalue weighted by Gasteiger charge is -2.37. The van der Waals surface area contributed by atoms with Crippen molar-refractivity contribution in [2.75, 3.05) is 7.11 Å². The van der Waals surface area contributed by atoms with E-state index in [2.05, 4.69) is 6.07 Å². The number of nitriles is 1. The van der Waals surface area contributed by atoms with Crippen molar-refractivity contribution in [1.29, 1.82) is 5.26 Å². The maximum absolute atomic E-state index is 13.1. The number of allylic oxidation sites excluding steroid dienone is 3. The fraction of sp³-hybridized carbons (Fsp3) is 0.308. The zero-order valence-corrected chi connectivity index (χ0v) is 18.8. The molecule has 4 rings (SSSR count). The monoisotopic (exact) mass is 448 g/mol. The van der Waals surface area contributed by atoms with Crippen LogP contribution in [0.4, 0.5) is 4.39 Å². The summed E-state index contributed by atoms with van der Waals surface area (Å²) in [5.41, 5.74) is 8.01. The third-order valence-electron chi connectivity index (χ3n) is 5.93. The highest BCUT2D eigenvalue weighted by Crippen LogP contribution is 2.48. The molecule has 7 heteroatoms. The van der Waals surface area contributed by atoms with Crippen LogP contribution in [0.5, 0.6) is 11.5 Å². The first-order chi connectivity index (χ1) is 15.7. The average Bonchev–Trinajstić information content (AvgIpc) is 2.77. The zero-order valence-electron chi connectivity index (χ0n) is 18.8. The molecule has 1 aliphatic heterocycles. The number of ether oxygens (including phenoxy) is 3. The lowest BCUT2D eigenvalue weighted by Crippen LogP contribution is -2.33. The fourth-order valence-corrected chi connectivity index (χ4v) is 4.37. The lowest BCUT2D eigenvalue weighted by atomic mass is 9.70. The molecule has 0 saturated carbocycles. The van der Waals surface area contributed by atoms with Gasteiger partial charge in [-0.15, -0.1) is 0 Å². The quantitative estimate of drug-likeness (QED) is 0.702. The number of nitrogens with zero attached hydrogens (tertiary/aromatic N) is 1. The summed E-state index contributed by atoms with van der Waals surface area (Å²) in [5.74, 6) is 0.616. The van der Waals surface area contributed by atoms with Gasteiger partial charge in [-0.05, 0) is 41.3 Å². The Hall–Kier alpha value is -3.79. The Bertz CT molecular complexity index is 1210. The zero-order chi connectivity index (χ0) is 23.8. The number of hydrogen-bond donors (Lipinski definition) is 1. The Balaban J connectivity index is 1.69. The second-order valence-corrected chi connectivity index (χ2v) is 9.02. The van der Waals surface area contributed by atoms with E-state index in [1.807, 2.05) is 26.0 Å². The molecule has 2 aromatic carbocycles. The van der Waals surface area contributed by atoms with Gasteiger partial charge in [0, 0.05) is 24.0 Å². The van der Waals surface area contributed by atoms with Gasteiger partial charge in [-0.25, -0.2) is 4.39 Å². The van der Waals surface area contributed by atoms with Crippen molar-refractivity contribution < 1.29 is 23.4 Å². The number of methoxy groups -OCH3 is 1. The molecule has 0 bridgehead atoms. The van der Waals surface area contributed by atoms with E-state index in [1.54, 1.807) is 25.3 Å². The van der Waals surface area contributed by atoms with Crippen LogP contribution >= 0.6 is 0 Å². The molecule has 1 heterocycles. The van der Waals surface area contributed by atoms with Crippen molar-refractivity contribution >= 4 is 5.78 Å². The molecule has 2 N–H and O–H groups in total. The highest BCUT2D eigenvalue weighted by Gasteiger charge is 2.43.